The Morgan fingerprint density at radius 1 is 1.22 bits per heavy atom. The number of furan rings is 1. The topological polar surface area (TPSA) is 67.6 Å². The Morgan fingerprint density at radius 3 is 2.75 bits per heavy atom. The van der Waals surface area contributed by atoms with Crippen molar-refractivity contribution in [1.29, 1.82) is 0 Å². The fourth-order valence-electron chi connectivity index (χ4n) is 3.72. The van der Waals surface area contributed by atoms with Crippen LogP contribution in [-0.4, -0.2) is 34.6 Å². The molecule has 1 aromatic carbocycles. The van der Waals surface area contributed by atoms with Gasteiger partial charge in [0.15, 0.2) is 10.2 Å². The van der Waals surface area contributed by atoms with E-state index in [-0.39, 0.29) is 18.1 Å². The third-order valence-electron chi connectivity index (χ3n) is 5.34. The van der Waals surface area contributed by atoms with Crippen LogP contribution in [0.15, 0.2) is 75.2 Å². The molecule has 32 heavy (non-hydrogen) atoms. The van der Waals surface area contributed by atoms with Crippen LogP contribution in [0.2, 0.25) is 0 Å². The number of ether oxygens (including phenoxy) is 1. The minimum absolute atomic E-state index is 0.148. The number of carbonyl (C=O) groups is 1. The van der Waals surface area contributed by atoms with Gasteiger partial charge in [0.25, 0.3) is 0 Å². The van der Waals surface area contributed by atoms with Crippen molar-refractivity contribution in [2.24, 2.45) is 0 Å². The third kappa shape index (κ3) is 5.14. The lowest BCUT2D eigenvalue weighted by molar-refractivity contribution is -0.140. The molecule has 1 N–H and O–H groups in total. The number of thiocarbonyl (C=S) groups is 1. The van der Waals surface area contributed by atoms with E-state index in [1.807, 2.05) is 30.3 Å². The number of nitrogens with one attached hydrogen (secondary N) is 1. The van der Waals surface area contributed by atoms with Crippen molar-refractivity contribution in [3.05, 3.63) is 77.8 Å². The van der Waals surface area contributed by atoms with E-state index in [9.17, 15) is 4.79 Å². The number of methoxy groups -OCH3 is 1. The highest BCUT2D eigenvalue weighted by atomic mass is 32.2. The van der Waals surface area contributed by atoms with Gasteiger partial charge in [-0.3, -0.25) is 9.78 Å². The number of esters is 1. The molecule has 8 heteroatoms. The van der Waals surface area contributed by atoms with Crippen molar-refractivity contribution in [2.45, 2.75) is 41.8 Å². The maximum atomic E-state index is 11.6. The molecular formula is C24H25N3O3S2. The van der Waals surface area contributed by atoms with Gasteiger partial charge >= 0.3 is 5.97 Å². The van der Waals surface area contributed by atoms with Crippen LogP contribution < -0.4 is 5.32 Å². The first-order valence-electron chi connectivity index (χ1n) is 10.4. The van der Waals surface area contributed by atoms with E-state index in [1.54, 1.807) is 18.0 Å². The summed E-state index contributed by atoms with van der Waals surface area (Å²) in [5.41, 5.74) is 2.11. The monoisotopic (exact) mass is 467 g/mol. The molecule has 3 heterocycles. The van der Waals surface area contributed by atoms with Crippen LogP contribution in [0.5, 0.6) is 0 Å². The second kappa shape index (κ2) is 10.2. The summed E-state index contributed by atoms with van der Waals surface area (Å²) in [5.74, 6) is 0.580. The average Bonchev–Trinajstić information content (AvgIpc) is 3.40. The number of hydrogen-bond acceptors (Lipinski definition) is 6. The molecule has 2 atom stereocenters. The maximum Gasteiger partial charge on any atom is 0.305 e. The smallest absolute Gasteiger partial charge is 0.305 e. The van der Waals surface area contributed by atoms with E-state index < -0.39 is 0 Å². The van der Waals surface area contributed by atoms with Crippen LogP contribution in [-0.2, 0) is 9.53 Å². The van der Waals surface area contributed by atoms with Crippen LogP contribution in [0.25, 0.3) is 0 Å². The quantitative estimate of drug-likeness (QED) is 0.364. The van der Waals surface area contributed by atoms with Gasteiger partial charge in [0.2, 0.25) is 0 Å². The van der Waals surface area contributed by atoms with Crippen molar-refractivity contribution in [2.75, 3.05) is 13.7 Å². The summed E-state index contributed by atoms with van der Waals surface area (Å²) >= 11 is 7.23. The van der Waals surface area contributed by atoms with Gasteiger partial charge in [-0.25, -0.2) is 0 Å². The van der Waals surface area contributed by atoms with Crippen molar-refractivity contribution in [3.8, 4) is 0 Å². The lowest BCUT2D eigenvalue weighted by Crippen LogP contribution is -2.30. The highest BCUT2D eigenvalue weighted by molar-refractivity contribution is 7.99. The van der Waals surface area contributed by atoms with Crippen molar-refractivity contribution >= 4 is 35.1 Å². The summed E-state index contributed by atoms with van der Waals surface area (Å²) in [6.45, 7) is 2.68. The largest absolute Gasteiger partial charge is 0.469 e. The number of aryl methyl sites for hydroxylation is 1. The second-order valence-electron chi connectivity index (χ2n) is 7.57. The summed E-state index contributed by atoms with van der Waals surface area (Å²) in [6.07, 6.45) is 2.74. The fraction of sp³-hybridized carbons (Fsp3) is 0.292. The molecule has 0 spiro atoms. The molecule has 1 aliphatic rings. The molecule has 0 unspecified atom stereocenters. The summed E-state index contributed by atoms with van der Waals surface area (Å²) in [6, 6.07) is 17.9. The molecule has 1 fully saturated rings. The highest BCUT2D eigenvalue weighted by Crippen LogP contribution is 2.41. The highest BCUT2D eigenvalue weighted by Gasteiger charge is 2.41. The zero-order chi connectivity index (χ0) is 22.5. The molecule has 2 aromatic heterocycles. The van der Waals surface area contributed by atoms with Gasteiger partial charge < -0.3 is 19.4 Å². The van der Waals surface area contributed by atoms with Crippen LogP contribution in [0, 0.1) is 6.92 Å². The molecule has 0 amide bonds. The minimum Gasteiger partial charge on any atom is -0.469 e. The Bertz CT molecular complexity index is 1070. The molecule has 3 aromatic rings. The number of pyridine rings is 1. The van der Waals surface area contributed by atoms with Crippen LogP contribution in [0.3, 0.4) is 0 Å². The third-order valence-corrected chi connectivity index (χ3v) is 6.62. The van der Waals surface area contributed by atoms with Crippen LogP contribution in [0.1, 0.15) is 41.9 Å². The average molecular weight is 468 g/mol. The normalized spacial score (nSPS) is 17.9. The predicted octanol–water partition coefficient (Wildman–Crippen LogP) is 5.06. The maximum absolute atomic E-state index is 11.6. The predicted molar refractivity (Wildman–Crippen MR) is 127 cm³/mol. The number of aromatic nitrogens is 1. The van der Waals surface area contributed by atoms with E-state index in [2.05, 4.69) is 46.4 Å². The first kappa shape index (κ1) is 22.4. The van der Waals surface area contributed by atoms with Gasteiger partial charge in [-0.05, 0) is 62.0 Å². The summed E-state index contributed by atoms with van der Waals surface area (Å²) in [5, 5.41) is 4.84. The van der Waals surface area contributed by atoms with E-state index in [1.165, 1.54) is 12.7 Å². The molecule has 166 valence electrons. The number of hydrogen-bond donors (Lipinski definition) is 1. The molecule has 4 rings (SSSR count). The van der Waals surface area contributed by atoms with Crippen LogP contribution >= 0.6 is 24.0 Å². The van der Waals surface area contributed by atoms with Gasteiger partial charge in [-0.15, -0.1) is 0 Å². The minimum atomic E-state index is -0.226. The first-order valence-corrected chi connectivity index (χ1v) is 11.7. The SMILES string of the molecule is COC(=O)CCCN1C(=S)N[C@@H](c2ccccn2)[C@@H]1c1ccc(Sc2ccc(C)cc2)o1. The molecule has 1 saturated heterocycles. The number of carbonyl (C=O) groups excluding carboxylic acids is 1. The fourth-order valence-corrected chi connectivity index (χ4v) is 4.83. The molecular weight excluding hydrogens is 442 g/mol. The van der Waals surface area contributed by atoms with Gasteiger partial charge in [-0.2, -0.15) is 0 Å². The lowest BCUT2D eigenvalue weighted by Gasteiger charge is -2.25. The molecule has 0 aliphatic carbocycles. The Hall–Kier alpha value is -2.84. The Morgan fingerprint density at radius 2 is 2.03 bits per heavy atom. The van der Waals surface area contributed by atoms with E-state index >= 15 is 0 Å². The summed E-state index contributed by atoms with van der Waals surface area (Å²) in [7, 11) is 1.40. The van der Waals surface area contributed by atoms with E-state index in [4.69, 9.17) is 21.4 Å². The Labute approximate surface area is 197 Å². The van der Waals surface area contributed by atoms with Crippen molar-refractivity contribution in [1.82, 2.24) is 15.2 Å². The number of rotatable bonds is 8. The molecule has 1 aliphatic heterocycles. The van der Waals surface area contributed by atoms with E-state index in [0.717, 1.165) is 21.4 Å². The van der Waals surface area contributed by atoms with E-state index in [0.29, 0.717) is 24.5 Å². The van der Waals surface area contributed by atoms with Gasteiger partial charge in [0.05, 0.1) is 18.8 Å². The lowest BCUT2D eigenvalue weighted by atomic mass is 10.0. The summed E-state index contributed by atoms with van der Waals surface area (Å²) < 4.78 is 11.1. The van der Waals surface area contributed by atoms with Gasteiger partial charge in [0, 0.05) is 24.1 Å². The number of nitrogens with zero attached hydrogens (tertiary/aromatic N) is 2. The first-order chi connectivity index (χ1) is 15.5. The molecule has 6 nitrogen and oxygen atoms in total. The zero-order valence-electron chi connectivity index (χ0n) is 18.0. The Balaban J connectivity index is 1.58. The summed E-state index contributed by atoms with van der Waals surface area (Å²) in [4.78, 5) is 19.3. The molecule has 0 saturated carbocycles. The van der Waals surface area contributed by atoms with Crippen molar-refractivity contribution < 1.29 is 13.9 Å². The molecule has 0 radical (unpaired) electrons. The standard InChI is InChI=1S/C24H25N3O3S2/c1-16-8-10-17(11-9-16)32-21-13-12-19(30-21)23-22(18-6-3-4-14-25-18)26-24(31)27(23)15-5-7-20(28)29-2/h3-4,6,8-14,22-23H,5,7,15H2,1-2H3,(H,26,31)/t22-,23-/m0/s1. The van der Waals surface area contributed by atoms with Crippen LogP contribution in [0.4, 0.5) is 0 Å². The number of benzene rings is 1. The Kier molecular flexibility index (Phi) is 7.12. The zero-order valence-corrected chi connectivity index (χ0v) is 19.6. The van der Waals surface area contributed by atoms with Gasteiger partial charge in [0.1, 0.15) is 11.8 Å². The molecule has 0 bridgehead atoms. The van der Waals surface area contributed by atoms with Crippen molar-refractivity contribution in [3.63, 3.8) is 0 Å². The second-order valence-corrected chi connectivity index (χ2v) is 9.04. The van der Waals surface area contributed by atoms with Gasteiger partial charge in [-0.1, -0.05) is 35.5 Å².